The Hall–Kier alpha value is -1.85. The van der Waals surface area contributed by atoms with Crippen LogP contribution in [-0.4, -0.2) is 37.6 Å². The maximum absolute atomic E-state index is 13.0. The molecule has 0 saturated heterocycles. The number of benzene rings is 2. The number of halogens is 1. The number of fused-ring (bicyclic) bond motifs is 1. The predicted molar refractivity (Wildman–Crippen MR) is 104 cm³/mol. The molecule has 4 nitrogen and oxygen atoms in total. The van der Waals surface area contributed by atoms with Gasteiger partial charge in [0.15, 0.2) is 0 Å². The van der Waals surface area contributed by atoms with Crippen LogP contribution >= 0.6 is 15.9 Å². The van der Waals surface area contributed by atoms with Crippen molar-refractivity contribution < 1.29 is 9.53 Å². The SMILES string of the molecule is COc1ccc(Br)cc1CN(C)[C@H](C)C(=O)N1CCc2ccccc21. The van der Waals surface area contributed by atoms with Gasteiger partial charge in [-0.3, -0.25) is 9.69 Å². The summed E-state index contributed by atoms with van der Waals surface area (Å²) in [6, 6.07) is 13.9. The highest BCUT2D eigenvalue weighted by Gasteiger charge is 2.29. The fraction of sp³-hybridized carbons (Fsp3) is 0.350. The lowest BCUT2D eigenvalue weighted by Crippen LogP contribution is -2.45. The number of likely N-dealkylation sites (N-methyl/N-ethyl adjacent to an activating group) is 1. The molecule has 25 heavy (non-hydrogen) atoms. The zero-order valence-corrected chi connectivity index (χ0v) is 16.4. The van der Waals surface area contributed by atoms with Crippen LogP contribution in [-0.2, 0) is 17.8 Å². The van der Waals surface area contributed by atoms with E-state index in [1.165, 1.54) is 5.56 Å². The van der Waals surface area contributed by atoms with Crippen LogP contribution in [0.3, 0.4) is 0 Å². The van der Waals surface area contributed by atoms with Crippen LogP contribution in [0.15, 0.2) is 46.9 Å². The van der Waals surface area contributed by atoms with E-state index in [2.05, 4.69) is 26.9 Å². The maximum Gasteiger partial charge on any atom is 0.244 e. The van der Waals surface area contributed by atoms with Crippen molar-refractivity contribution in [3.05, 3.63) is 58.1 Å². The Morgan fingerprint density at radius 2 is 2.08 bits per heavy atom. The highest BCUT2D eigenvalue weighted by atomic mass is 79.9. The van der Waals surface area contributed by atoms with Gasteiger partial charge in [0.25, 0.3) is 0 Å². The van der Waals surface area contributed by atoms with Gasteiger partial charge in [-0.15, -0.1) is 0 Å². The number of methoxy groups -OCH3 is 1. The topological polar surface area (TPSA) is 32.8 Å². The first kappa shape index (κ1) is 18.0. The average molecular weight is 403 g/mol. The van der Waals surface area contributed by atoms with Gasteiger partial charge in [-0.2, -0.15) is 0 Å². The van der Waals surface area contributed by atoms with Crippen LogP contribution in [0, 0.1) is 0 Å². The van der Waals surface area contributed by atoms with Gasteiger partial charge in [0.1, 0.15) is 5.75 Å². The fourth-order valence-corrected chi connectivity index (χ4v) is 3.67. The number of ether oxygens (including phenoxy) is 1. The van der Waals surface area contributed by atoms with E-state index in [-0.39, 0.29) is 11.9 Å². The minimum Gasteiger partial charge on any atom is -0.496 e. The van der Waals surface area contributed by atoms with Crippen molar-refractivity contribution >= 4 is 27.5 Å². The number of amides is 1. The molecule has 0 saturated carbocycles. The molecular weight excluding hydrogens is 380 g/mol. The molecule has 0 radical (unpaired) electrons. The maximum atomic E-state index is 13.0. The third-order valence-electron chi connectivity index (χ3n) is 4.83. The van der Waals surface area contributed by atoms with Crippen LogP contribution < -0.4 is 9.64 Å². The summed E-state index contributed by atoms with van der Waals surface area (Å²) in [4.78, 5) is 17.0. The van der Waals surface area contributed by atoms with Crippen molar-refractivity contribution in [2.24, 2.45) is 0 Å². The molecule has 3 rings (SSSR count). The molecule has 1 aliphatic rings. The number of hydrogen-bond donors (Lipinski definition) is 0. The van der Waals surface area contributed by atoms with E-state index < -0.39 is 0 Å². The highest BCUT2D eigenvalue weighted by molar-refractivity contribution is 9.10. The van der Waals surface area contributed by atoms with E-state index in [9.17, 15) is 4.79 Å². The second-order valence-corrected chi connectivity index (χ2v) is 7.33. The second-order valence-electron chi connectivity index (χ2n) is 6.42. The number of hydrogen-bond acceptors (Lipinski definition) is 3. The van der Waals surface area contributed by atoms with Gasteiger partial charge in [-0.05, 0) is 50.2 Å². The molecule has 2 aromatic rings. The van der Waals surface area contributed by atoms with Crippen LogP contribution in [0.5, 0.6) is 5.75 Å². The lowest BCUT2D eigenvalue weighted by atomic mass is 10.1. The number of carbonyl (C=O) groups is 1. The fourth-order valence-electron chi connectivity index (χ4n) is 3.26. The second kappa shape index (κ2) is 7.58. The Bertz CT molecular complexity index is 778. The minimum atomic E-state index is -0.213. The van der Waals surface area contributed by atoms with Crippen LogP contribution in [0.1, 0.15) is 18.1 Å². The molecule has 0 N–H and O–H groups in total. The van der Waals surface area contributed by atoms with Crippen molar-refractivity contribution in [2.75, 3.05) is 25.6 Å². The first-order chi connectivity index (χ1) is 12.0. The molecular formula is C20H23BrN2O2. The van der Waals surface area contributed by atoms with E-state index in [1.807, 2.05) is 55.3 Å². The summed E-state index contributed by atoms with van der Waals surface area (Å²) >= 11 is 3.50. The van der Waals surface area contributed by atoms with Crippen LogP contribution in [0.2, 0.25) is 0 Å². The molecule has 0 aliphatic carbocycles. The van der Waals surface area contributed by atoms with Gasteiger partial charge in [-0.1, -0.05) is 34.1 Å². The third kappa shape index (κ3) is 3.72. The molecule has 0 bridgehead atoms. The molecule has 132 valence electrons. The van der Waals surface area contributed by atoms with Gasteiger partial charge in [0, 0.05) is 28.8 Å². The van der Waals surface area contributed by atoms with Crippen molar-refractivity contribution in [1.29, 1.82) is 0 Å². The molecule has 5 heteroatoms. The molecule has 0 spiro atoms. The molecule has 1 atom stereocenters. The van der Waals surface area contributed by atoms with Gasteiger partial charge >= 0.3 is 0 Å². The molecule has 0 fully saturated rings. The number of nitrogens with zero attached hydrogens (tertiary/aromatic N) is 2. The first-order valence-corrected chi connectivity index (χ1v) is 9.22. The first-order valence-electron chi connectivity index (χ1n) is 8.43. The van der Waals surface area contributed by atoms with Crippen molar-refractivity contribution in [2.45, 2.75) is 25.9 Å². The lowest BCUT2D eigenvalue weighted by Gasteiger charge is -2.29. The summed E-state index contributed by atoms with van der Waals surface area (Å²) in [7, 11) is 3.65. The van der Waals surface area contributed by atoms with Crippen molar-refractivity contribution in [1.82, 2.24) is 4.90 Å². The third-order valence-corrected chi connectivity index (χ3v) is 5.33. The Balaban J connectivity index is 1.74. The molecule has 1 amide bonds. The Morgan fingerprint density at radius 3 is 2.84 bits per heavy atom. The molecule has 0 unspecified atom stereocenters. The lowest BCUT2D eigenvalue weighted by molar-refractivity contribution is -0.122. The largest absolute Gasteiger partial charge is 0.496 e. The smallest absolute Gasteiger partial charge is 0.244 e. The Labute approximate surface area is 157 Å². The average Bonchev–Trinajstić information content (AvgIpc) is 3.04. The van der Waals surface area contributed by atoms with E-state index >= 15 is 0 Å². The van der Waals surface area contributed by atoms with Crippen molar-refractivity contribution in [3.8, 4) is 5.75 Å². The van der Waals surface area contributed by atoms with E-state index in [1.54, 1.807) is 7.11 Å². The van der Waals surface area contributed by atoms with E-state index in [0.29, 0.717) is 6.54 Å². The van der Waals surface area contributed by atoms with Gasteiger partial charge < -0.3 is 9.64 Å². The van der Waals surface area contributed by atoms with E-state index in [0.717, 1.165) is 34.4 Å². The van der Waals surface area contributed by atoms with Gasteiger partial charge in [-0.25, -0.2) is 0 Å². The number of rotatable bonds is 5. The monoisotopic (exact) mass is 402 g/mol. The Kier molecular flexibility index (Phi) is 5.45. The normalized spacial score (nSPS) is 14.5. The highest BCUT2D eigenvalue weighted by Crippen LogP contribution is 2.29. The molecule has 1 heterocycles. The number of para-hydroxylation sites is 1. The van der Waals surface area contributed by atoms with E-state index in [4.69, 9.17) is 4.74 Å². The Morgan fingerprint density at radius 1 is 1.32 bits per heavy atom. The summed E-state index contributed by atoms with van der Waals surface area (Å²) in [5.74, 6) is 0.975. The zero-order valence-electron chi connectivity index (χ0n) is 14.8. The van der Waals surface area contributed by atoms with Gasteiger partial charge in [0.05, 0.1) is 13.2 Å². The quantitative estimate of drug-likeness (QED) is 0.760. The number of anilines is 1. The van der Waals surface area contributed by atoms with Crippen molar-refractivity contribution in [3.63, 3.8) is 0 Å². The summed E-state index contributed by atoms with van der Waals surface area (Å²) in [5.41, 5.74) is 3.35. The predicted octanol–water partition coefficient (Wildman–Crippen LogP) is 3.87. The summed E-state index contributed by atoms with van der Waals surface area (Å²) in [5, 5.41) is 0. The van der Waals surface area contributed by atoms with Crippen LogP contribution in [0.25, 0.3) is 0 Å². The zero-order chi connectivity index (χ0) is 18.0. The molecule has 0 aromatic heterocycles. The molecule has 1 aliphatic heterocycles. The summed E-state index contributed by atoms with van der Waals surface area (Å²) in [6.45, 7) is 3.37. The minimum absolute atomic E-state index is 0.140. The number of carbonyl (C=O) groups excluding carboxylic acids is 1. The van der Waals surface area contributed by atoms with Crippen LogP contribution in [0.4, 0.5) is 5.69 Å². The molecule has 2 aromatic carbocycles. The standard InChI is InChI=1S/C20H23BrN2O2/c1-14(20(24)23-11-10-15-6-4-5-7-18(15)23)22(2)13-16-12-17(21)8-9-19(16)25-3/h4-9,12,14H,10-11,13H2,1-3H3/t14-/m1/s1. The van der Waals surface area contributed by atoms with Gasteiger partial charge in [0.2, 0.25) is 5.91 Å². The summed E-state index contributed by atoms with van der Waals surface area (Å²) < 4.78 is 6.45. The summed E-state index contributed by atoms with van der Waals surface area (Å²) in [6.07, 6.45) is 0.928.